The molecule has 0 N–H and O–H groups in total. The van der Waals surface area contributed by atoms with Crippen molar-refractivity contribution in [2.45, 2.75) is 0 Å². The Labute approximate surface area is 58.3 Å². The average Bonchev–Trinajstić information content (AvgIpc) is 2.05. The molecule has 0 saturated heterocycles. The predicted molar refractivity (Wildman–Crippen MR) is 40.6 cm³/mol. The molecule has 0 atom stereocenters. The number of aromatic nitrogens is 1. The second-order valence-corrected chi connectivity index (χ2v) is 2.07. The number of nitrogens with zero attached hydrogens (tertiary/aromatic N) is 2. The van der Waals surface area contributed by atoms with E-state index in [0.29, 0.717) is 0 Å². The fourth-order valence-corrected chi connectivity index (χ4v) is 0.915. The summed E-state index contributed by atoms with van der Waals surface area (Å²) in [6.45, 7) is 0. The van der Waals surface area contributed by atoms with Crippen LogP contribution in [0.2, 0.25) is 0 Å². The maximum absolute atomic E-state index is 4.14. The zero-order valence-corrected chi connectivity index (χ0v) is 5.36. The number of pyridine rings is 1. The van der Waals surface area contributed by atoms with Crippen molar-refractivity contribution >= 4 is 18.5 Å². The summed E-state index contributed by atoms with van der Waals surface area (Å²) < 4.78 is 0. The van der Waals surface area contributed by atoms with Crippen LogP contribution in [-0.4, -0.2) is 11.2 Å². The third kappa shape index (κ3) is 0.739. The van der Waals surface area contributed by atoms with Crippen LogP contribution >= 0.6 is 0 Å². The Hall–Kier alpha value is -1.44. The lowest BCUT2D eigenvalue weighted by molar-refractivity contribution is 1.21. The lowest BCUT2D eigenvalue weighted by atomic mass is 10.3. The van der Waals surface area contributed by atoms with Crippen LogP contribution in [0.3, 0.4) is 0 Å². The molecule has 1 radical (unpaired) electrons. The fraction of sp³-hybridized carbons (Fsp3) is 0. The highest BCUT2D eigenvalue weighted by molar-refractivity contribution is 5.91. The van der Waals surface area contributed by atoms with Gasteiger partial charge in [-0.15, -0.1) is 0 Å². The molecule has 47 valence electrons. The summed E-state index contributed by atoms with van der Waals surface area (Å²) in [5.41, 5.74) is 0. The molecule has 0 saturated carbocycles. The van der Waals surface area contributed by atoms with E-state index in [0.717, 1.165) is 10.6 Å². The Morgan fingerprint density at radius 3 is 3.30 bits per heavy atom. The molecule has 1 aliphatic rings. The maximum atomic E-state index is 4.14. The van der Waals surface area contributed by atoms with Gasteiger partial charge in [0, 0.05) is 12.3 Å². The van der Waals surface area contributed by atoms with E-state index < -0.39 is 0 Å². The van der Waals surface area contributed by atoms with Gasteiger partial charge >= 0.3 is 0 Å². The first-order valence-corrected chi connectivity index (χ1v) is 3.11. The molecule has 0 fully saturated rings. The van der Waals surface area contributed by atoms with Crippen molar-refractivity contribution in [2.75, 3.05) is 0 Å². The second kappa shape index (κ2) is 2.06. The number of fused-ring (bicyclic) bond motifs is 1. The van der Waals surface area contributed by atoms with Crippen LogP contribution in [0, 0.1) is 0 Å². The summed E-state index contributed by atoms with van der Waals surface area (Å²) in [6, 6.07) is 3.90. The third-order valence-electron chi connectivity index (χ3n) is 1.40. The smallest absolute Gasteiger partial charge is 0.251 e. The minimum atomic E-state index is 0.998. The van der Waals surface area contributed by atoms with Gasteiger partial charge in [-0.05, 0) is 12.1 Å². The van der Waals surface area contributed by atoms with E-state index in [1.165, 1.54) is 0 Å². The highest BCUT2D eigenvalue weighted by Gasteiger charge is 1.94. The molecule has 0 spiro atoms. The van der Waals surface area contributed by atoms with Crippen LogP contribution in [0.5, 0.6) is 0 Å². The van der Waals surface area contributed by atoms with Crippen LogP contribution < -0.4 is 15.6 Å². The van der Waals surface area contributed by atoms with E-state index in [2.05, 4.69) is 9.98 Å². The first-order chi connectivity index (χ1) is 4.97. The molecule has 0 bridgehead atoms. The van der Waals surface area contributed by atoms with Crippen molar-refractivity contribution in [1.29, 1.82) is 0 Å². The van der Waals surface area contributed by atoms with E-state index in [-0.39, 0.29) is 0 Å². The van der Waals surface area contributed by atoms with E-state index in [1.54, 1.807) is 12.4 Å². The van der Waals surface area contributed by atoms with Gasteiger partial charge in [0.05, 0.1) is 15.6 Å². The molecule has 1 aromatic heterocycles. The van der Waals surface area contributed by atoms with Gasteiger partial charge in [0.1, 0.15) is 0 Å². The quantitative estimate of drug-likeness (QED) is 0.443. The maximum Gasteiger partial charge on any atom is 0.251 e. The van der Waals surface area contributed by atoms with Crippen LogP contribution in [0.25, 0.3) is 12.3 Å². The van der Waals surface area contributed by atoms with Crippen molar-refractivity contribution < 1.29 is 0 Å². The molecule has 1 aromatic rings. The standard InChI is InChI=1S/C8H6N2/c1-2-7-6-9-5-3-8(7)10-4-1/h1-6H/q+1. The average molecular weight is 130 g/mol. The lowest BCUT2D eigenvalue weighted by Gasteiger charge is -1.83. The van der Waals surface area contributed by atoms with E-state index in [4.69, 9.17) is 0 Å². The van der Waals surface area contributed by atoms with Crippen molar-refractivity contribution in [2.24, 2.45) is 0 Å². The molecule has 2 rings (SSSR count). The van der Waals surface area contributed by atoms with Crippen molar-refractivity contribution in [3.05, 3.63) is 28.9 Å². The van der Waals surface area contributed by atoms with Gasteiger partial charge in [-0.25, -0.2) is 0 Å². The number of rotatable bonds is 0. The molecule has 0 aromatic carbocycles. The van der Waals surface area contributed by atoms with E-state index in [1.807, 2.05) is 24.4 Å². The predicted octanol–water partition coefficient (Wildman–Crippen LogP) is -0.980. The zero-order chi connectivity index (χ0) is 6.81. The second-order valence-electron chi connectivity index (χ2n) is 2.07. The topological polar surface area (TPSA) is 27.0 Å². The van der Waals surface area contributed by atoms with Crippen LogP contribution in [-0.2, 0) is 0 Å². The molecule has 0 unspecified atom stereocenters. The van der Waals surface area contributed by atoms with Gasteiger partial charge in [-0.2, -0.15) is 0 Å². The van der Waals surface area contributed by atoms with Gasteiger partial charge in [0.2, 0.25) is 6.21 Å². The Balaban J connectivity index is 2.92. The molecule has 2 nitrogen and oxygen atoms in total. The van der Waals surface area contributed by atoms with E-state index >= 15 is 0 Å². The monoisotopic (exact) mass is 130 g/mol. The number of aliphatic imine (C=N–C) groups is 1. The summed E-state index contributed by atoms with van der Waals surface area (Å²) in [4.78, 5) is 8.11. The lowest BCUT2D eigenvalue weighted by Crippen LogP contribution is -2.30. The van der Waals surface area contributed by atoms with Crippen LogP contribution in [0.4, 0.5) is 0 Å². The normalized spacial score (nSPS) is 13.2. The van der Waals surface area contributed by atoms with Crippen LogP contribution in [0.15, 0.2) is 18.3 Å². The molecule has 10 heavy (non-hydrogen) atoms. The molecular weight excluding hydrogens is 124 g/mol. The minimum absolute atomic E-state index is 0.998. The molecule has 2 heterocycles. The van der Waals surface area contributed by atoms with Crippen molar-refractivity contribution in [3.8, 4) is 0 Å². The molecule has 2 heteroatoms. The highest BCUT2D eigenvalue weighted by Crippen LogP contribution is 1.67. The number of hydrogen-bond acceptors (Lipinski definition) is 2. The Bertz CT molecular complexity index is 339. The molecule has 0 aliphatic carbocycles. The first-order valence-electron chi connectivity index (χ1n) is 3.11. The van der Waals surface area contributed by atoms with Crippen LogP contribution in [0.1, 0.15) is 0 Å². The SMILES string of the molecule is C1=[N+]C=c2cccnc2=C1. The number of hydrogen-bond donors (Lipinski definition) is 0. The third-order valence-corrected chi connectivity index (χ3v) is 1.40. The summed E-state index contributed by atoms with van der Waals surface area (Å²) in [7, 11) is 0. The molecular formula is C8H6N2+. The summed E-state index contributed by atoms with van der Waals surface area (Å²) in [6.07, 6.45) is 7.23. The zero-order valence-electron chi connectivity index (χ0n) is 5.36. The summed E-state index contributed by atoms with van der Waals surface area (Å²) in [5.74, 6) is 0. The van der Waals surface area contributed by atoms with Crippen molar-refractivity contribution in [3.63, 3.8) is 0 Å². The van der Waals surface area contributed by atoms with E-state index in [9.17, 15) is 0 Å². The first kappa shape index (κ1) is 5.35. The highest BCUT2D eigenvalue weighted by atomic mass is 14.7. The van der Waals surface area contributed by atoms with Gasteiger partial charge in [0.25, 0.3) is 6.20 Å². The van der Waals surface area contributed by atoms with Gasteiger partial charge < -0.3 is 0 Å². The summed E-state index contributed by atoms with van der Waals surface area (Å²) in [5, 5.41) is 2.09. The summed E-state index contributed by atoms with van der Waals surface area (Å²) >= 11 is 0. The molecule has 0 amide bonds. The van der Waals surface area contributed by atoms with Gasteiger partial charge in [-0.3, -0.25) is 4.98 Å². The fourth-order valence-electron chi connectivity index (χ4n) is 0.915. The Morgan fingerprint density at radius 1 is 1.40 bits per heavy atom. The Kier molecular flexibility index (Phi) is 1.10. The minimum Gasteiger partial charge on any atom is -0.256 e. The van der Waals surface area contributed by atoms with Gasteiger partial charge in [0.15, 0.2) is 0 Å². The molecule has 1 aliphatic heterocycles. The van der Waals surface area contributed by atoms with Gasteiger partial charge in [-0.1, -0.05) is 0 Å². The largest absolute Gasteiger partial charge is 0.256 e. The Morgan fingerprint density at radius 2 is 2.40 bits per heavy atom. The van der Waals surface area contributed by atoms with Crippen molar-refractivity contribution in [1.82, 2.24) is 9.98 Å².